The first-order valence-corrected chi connectivity index (χ1v) is 5.99. The summed E-state index contributed by atoms with van der Waals surface area (Å²) in [5.41, 5.74) is 5.46. The highest BCUT2D eigenvalue weighted by Crippen LogP contribution is 2.01. The molecule has 0 heterocycles. The number of carbonyl (C=O) groups excluding carboxylic acids is 1. The molecule has 4 N–H and O–H groups in total. The van der Waals surface area contributed by atoms with Crippen molar-refractivity contribution in [3.63, 3.8) is 0 Å². The van der Waals surface area contributed by atoms with Gasteiger partial charge in [0.1, 0.15) is 0 Å². The second-order valence-electron chi connectivity index (χ2n) is 5.74. The van der Waals surface area contributed by atoms with Gasteiger partial charge in [-0.3, -0.25) is 4.79 Å². The van der Waals surface area contributed by atoms with Gasteiger partial charge in [0.05, 0.1) is 0 Å². The lowest BCUT2D eigenvalue weighted by Crippen LogP contribution is -2.46. The van der Waals surface area contributed by atoms with Gasteiger partial charge in [-0.15, -0.1) is 0 Å². The van der Waals surface area contributed by atoms with Gasteiger partial charge in [-0.25, -0.2) is 0 Å². The molecule has 4 nitrogen and oxygen atoms in total. The van der Waals surface area contributed by atoms with Crippen LogP contribution >= 0.6 is 0 Å². The largest absolute Gasteiger partial charge is 0.351 e. The van der Waals surface area contributed by atoms with Crippen LogP contribution in [0.1, 0.15) is 41.0 Å². The summed E-state index contributed by atoms with van der Waals surface area (Å²) in [6, 6.07) is 0.0738. The Kier molecular flexibility index (Phi) is 6.60. The highest BCUT2D eigenvalue weighted by atomic mass is 16.1. The van der Waals surface area contributed by atoms with Crippen molar-refractivity contribution in [1.82, 2.24) is 10.6 Å². The zero-order valence-corrected chi connectivity index (χ0v) is 11.3. The van der Waals surface area contributed by atoms with Crippen LogP contribution in [0.15, 0.2) is 0 Å². The number of amides is 1. The van der Waals surface area contributed by atoms with Crippen molar-refractivity contribution in [2.75, 3.05) is 13.1 Å². The molecule has 1 amide bonds. The van der Waals surface area contributed by atoms with Crippen LogP contribution in [0.4, 0.5) is 0 Å². The first kappa shape index (κ1) is 15.4. The molecule has 0 fully saturated rings. The van der Waals surface area contributed by atoms with Gasteiger partial charge in [-0.05, 0) is 33.2 Å². The monoisotopic (exact) mass is 229 g/mol. The third kappa shape index (κ3) is 8.68. The molecule has 0 aliphatic carbocycles. The van der Waals surface area contributed by atoms with Gasteiger partial charge >= 0.3 is 0 Å². The van der Waals surface area contributed by atoms with E-state index in [1.165, 1.54) is 0 Å². The molecular weight excluding hydrogens is 202 g/mol. The van der Waals surface area contributed by atoms with E-state index in [9.17, 15) is 4.79 Å². The third-order valence-electron chi connectivity index (χ3n) is 2.05. The third-order valence-corrected chi connectivity index (χ3v) is 2.05. The zero-order chi connectivity index (χ0) is 12.8. The average molecular weight is 229 g/mol. The fourth-order valence-electron chi connectivity index (χ4n) is 1.33. The van der Waals surface area contributed by atoms with Crippen LogP contribution in [-0.2, 0) is 4.79 Å². The number of nitrogens with two attached hydrogens (primary N) is 1. The summed E-state index contributed by atoms with van der Waals surface area (Å²) in [5, 5.41) is 6.24. The maximum atomic E-state index is 11.7. The average Bonchev–Trinajstić information content (AvgIpc) is 2.08. The lowest BCUT2D eigenvalue weighted by molar-refractivity contribution is -0.122. The normalized spacial score (nSPS) is 13.9. The summed E-state index contributed by atoms with van der Waals surface area (Å²) in [4.78, 5) is 11.7. The van der Waals surface area contributed by atoms with Gasteiger partial charge in [-0.2, -0.15) is 0 Å². The van der Waals surface area contributed by atoms with E-state index in [0.29, 0.717) is 18.9 Å². The molecule has 0 saturated carbocycles. The molecule has 0 aromatic carbocycles. The van der Waals surface area contributed by atoms with Gasteiger partial charge in [-0.1, -0.05) is 13.8 Å². The Hall–Kier alpha value is -0.610. The molecule has 4 heteroatoms. The maximum Gasteiger partial charge on any atom is 0.222 e. The number of hydrogen-bond donors (Lipinski definition) is 3. The molecule has 96 valence electrons. The van der Waals surface area contributed by atoms with E-state index in [4.69, 9.17) is 5.73 Å². The molecule has 16 heavy (non-hydrogen) atoms. The molecule has 0 spiro atoms. The van der Waals surface area contributed by atoms with E-state index in [1.54, 1.807) is 0 Å². The minimum absolute atomic E-state index is 0.0548. The first-order chi connectivity index (χ1) is 7.24. The predicted molar refractivity (Wildman–Crippen MR) is 68.2 cm³/mol. The van der Waals surface area contributed by atoms with E-state index in [0.717, 1.165) is 6.54 Å². The topological polar surface area (TPSA) is 67.1 Å². The molecule has 0 bridgehead atoms. The number of carbonyl (C=O) groups is 1. The minimum atomic E-state index is -0.172. The molecule has 0 saturated heterocycles. The van der Waals surface area contributed by atoms with E-state index in [-0.39, 0.29) is 17.5 Å². The maximum absolute atomic E-state index is 11.7. The van der Waals surface area contributed by atoms with Crippen molar-refractivity contribution in [3.8, 4) is 0 Å². The minimum Gasteiger partial charge on any atom is -0.351 e. The molecule has 0 aliphatic rings. The summed E-state index contributed by atoms with van der Waals surface area (Å²) in [6.45, 7) is 11.6. The Morgan fingerprint density at radius 2 is 1.88 bits per heavy atom. The van der Waals surface area contributed by atoms with Gasteiger partial charge in [0.2, 0.25) is 5.91 Å². The van der Waals surface area contributed by atoms with Crippen molar-refractivity contribution in [1.29, 1.82) is 0 Å². The second kappa shape index (κ2) is 6.86. The van der Waals surface area contributed by atoms with Crippen LogP contribution in [0, 0.1) is 5.92 Å². The van der Waals surface area contributed by atoms with Gasteiger partial charge in [0.25, 0.3) is 0 Å². The lowest BCUT2D eigenvalue weighted by atomic mass is 10.1. The Morgan fingerprint density at radius 1 is 1.31 bits per heavy atom. The SMILES string of the molecule is CC(C)CNC(CN)CC(=O)NC(C)(C)C. The van der Waals surface area contributed by atoms with E-state index >= 15 is 0 Å². The molecule has 1 unspecified atom stereocenters. The van der Waals surface area contributed by atoms with Gasteiger partial charge in [0.15, 0.2) is 0 Å². The van der Waals surface area contributed by atoms with Crippen molar-refractivity contribution in [3.05, 3.63) is 0 Å². The fourth-order valence-corrected chi connectivity index (χ4v) is 1.33. The zero-order valence-electron chi connectivity index (χ0n) is 11.3. The number of rotatable bonds is 6. The van der Waals surface area contributed by atoms with E-state index in [1.807, 2.05) is 20.8 Å². The van der Waals surface area contributed by atoms with Crippen molar-refractivity contribution >= 4 is 5.91 Å². The van der Waals surface area contributed by atoms with Crippen LogP contribution < -0.4 is 16.4 Å². The Balaban J connectivity index is 3.97. The summed E-state index contributed by atoms with van der Waals surface area (Å²) in [7, 11) is 0. The highest BCUT2D eigenvalue weighted by Gasteiger charge is 2.17. The van der Waals surface area contributed by atoms with Gasteiger partial charge < -0.3 is 16.4 Å². The molecular formula is C12H27N3O. The highest BCUT2D eigenvalue weighted by molar-refractivity contribution is 5.77. The smallest absolute Gasteiger partial charge is 0.222 e. The molecule has 0 radical (unpaired) electrons. The summed E-state index contributed by atoms with van der Waals surface area (Å²) in [6.07, 6.45) is 0.445. The lowest BCUT2D eigenvalue weighted by Gasteiger charge is -2.23. The second-order valence-corrected chi connectivity index (χ2v) is 5.74. The van der Waals surface area contributed by atoms with Crippen molar-refractivity contribution in [2.24, 2.45) is 11.7 Å². The van der Waals surface area contributed by atoms with Crippen molar-refractivity contribution < 1.29 is 4.79 Å². The molecule has 0 aliphatic heterocycles. The van der Waals surface area contributed by atoms with Crippen LogP contribution in [0.2, 0.25) is 0 Å². The fraction of sp³-hybridized carbons (Fsp3) is 0.917. The number of nitrogens with one attached hydrogen (secondary N) is 2. The standard InChI is InChI=1S/C12H27N3O/c1-9(2)8-14-10(7-13)6-11(16)15-12(3,4)5/h9-10,14H,6-8,13H2,1-5H3,(H,15,16). The molecule has 0 rings (SSSR count). The Bertz CT molecular complexity index is 209. The summed E-state index contributed by atoms with van der Waals surface area (Å²) in [5.74, 6) is 0.624. The van der Waals surface area contributed by atoms with E-state index < -0.39 is 0 Å². The van der Waals surface area contributed by atoms with Crippen LogP contribution in [-0.4, -0.2) is 30.6 Å². The van der Waals surface area contributed by atoms with Crippen LogP contribution in [0.25, 0.3) is 0 Å². The quantitative estimate of drug-likeness (QED) is 0.633. The Morgan fingerprint density at radius 3 is 2.25 bits per heavy atom. The number of hydrogen-bond acceptors (Lipinski definition) is 3. The predicted octanol–water partition coefficient (Wildman–Crippen LogP) is 0.864. The van der Waals surface area contributed by atoms with Crippen molar-refractivity contribution in [2.45, 2.75) is 52.6 Å². The first-order valence-electron chi connectivity index (χ1n) is 5.99. The summed E-state index contributed by atoms with van der Waals surface area (Å²) < 4.78 is 0. The van der Waals surface area contributed by atoms with Crippen LogP contribution in [0.3, 0.4) is 0 Å². The van der Waals surface area contributed by atoms with Gasteiger partial charge in [0, 0.05) is 24.5 Å². The summed E-state index contributed by atoms with van der Waals surface area (Å²) >= 11 is 0. The van der Waals surface area contributed by atoms with E-state index in [2.05, 4.69) is 24.5 Å². The molecule has 1 atom stereocenters. The Labute approximate surface area is 99.4 Å². The molecule has 0 aromatic heterocycles. The molecule has 0 aromatic rings. The van der Waals surface area contributed by atoms with Crippen LogP contribution in [0.5, 0.6) is 0 Å².